The summed E-state index contributed by atoms with van der Waals surface area (Å²) >= 11 is 0. The molecule has 0 bridgehead atoms. The minimum absolute atomic E-state index is 0.105. The fourth-order valence-electron chi connectivity index (χ4n) is 4.04. The molecule has 1 aliphatic rings. The normalized spacial score (nSPS) is 16.0. The van der Waals surface area contributed by atoms with Crippen LogP contribution in [0.2, 0.25) is 0 Å². The molecule has 0 saturated carbocycles. The SMILES string of the molecule is CC(C)N1C(=O)C(C)(C)c2cc3nc(-c4n[nH]c5ccccc45)[nH]c3cc21. The highest BCUT2D eigenvalue weighted by atomic mass is 16.2. The molecule has 2 aromatic heterocycles. The van der Waals surface area contributed by atoms with Crippen LogP contribution in [-0.4, -0.2) is 32.1 Å². The Morgan fingerprint density at radius 3 is 2.67 bits per heavy atom. The number of H-pyrrole nitrogens is 2. The number of fused-ring (bicyclic) bond motifs is 3. The van der Waals surface area contributed by atoms with Crippen LogP contribution < -0.4 is 4.90 Å². The summed E-state index contributed by atoms with van der Waals surface area (Å²) in [5, 5.41) is 8.53. The highest BCUT2D eigenvalue weighted by molar-refractivity contribution is 6.10. The lowest BCUT2D eigenvalue weighted by Crippen LogP contribution is -2.40. The molecule has 136 valence electrons. The van der Waals surface area contributed by atoms with Crippen molar-refractivity contribution in [1.29, 1.82) is 0 Å². The first-order valence-corrected chi connectivity index (χ1v) is 9.19. The molecule has 4 aromatic rings. The molecule has 0 fully saturated rings. The molecule has 2 N–H and O–H groups in total. The Morgan fingerprint density at radius 2 is 1.89 bits per heavy atom. The third-order valence-corrected chi connectivity index (χ3v) is 5.50. The van der Waals surface area contributed by atoms with E-state index in [1.807, 2.05) is 69.0 Å². The third-order valence-electron chi connectivity index (χ3n) is 5.50. The molecule has 0 aliphatic carbocycles. The molecule has 6 nitrogen and oxygen atoms in total. The van der Waals surface area contributed by atoms with E-state index in [1.165, 1.54) is 0 Å². The predicted octanol–water partition coefficient (Wildman–Crippen LogP) is 4.14. The van der Waals surface area contributed by atoms with Gasteiger partial charge in [0.25, 0.3) is 0 Å². The van der Waals surface area contributed by atoms with Gasteiger partial charge in [-0.2, -0.15) is 5.10 Å². The number of amides is 1. The molecular weight excluding hydrogens is 338 g/mol. The standard InChI is InChI=1S/C21H21N5O/c1-11(2)26-17-10-16-15(9-13(17)21(3,4)20(26)27)22-19(23-16)18-12-7-5-6-8-14(12)24-25-18/h5-11H,1-4H3,(H,22,23)(H,24,25). The van der Waals surface area contributed by atoms with Gasteiger partial charge in [0.2, 0.25) is 5.91 Å². The van der Waals surface area contributed by atoms with Gasteiger partial charge >= 0.3 is 0 Å². The second kappa shape index (κ2) is 5.19. The third kappa shape index (κ3) is 2.10. The summed E-state index contributed by atoms with van der Waals surface area (Å²) in [4.78, 5) is 23.0. The van der Waals surface area contributed by atoms with Crippen molar-refractivity contribution < 1.29 is 4.79 Å². The number of anilines is 1. The zero-order valence-corrected chi connectivity index (χ0v) is 15.8. The number of nitrogens with one attached hydrogen (secondary N) is 2. The summed E-state index contributed by atoms with van der Waals surface area (Å²) in [6.07, 6.45) is 0. The quantitative estimate of drug-likeness (QED) is 0.565. The van der Waals surface area contributed by atoms with Crippen LogP contribution in [0.15, 0.2) is 36.4 Å². The molecule has 27 heavy (non-hydrogen) atoms. The molecule has 5 rings (SSSR count). The zero-order chi connectivity index (χ0) is 18.9. The average Bonchev–Trinajstić information content (AvgIpc) is 3.27. The highest BCUT2D eigenvalue weighted by Crippen LogP contribution is 2.44. The number of benzene rings is 2. The van der Waals surface area contributed by atoms with E-state index in [9.17, 15) is 4.79 Å². The van der Waals surface area contributed by atoms with E-state index in [1.54, 1.807) is 0 Å². The lowest BCUT2D eigenvalue weighted by molar-refractivity contribution is -0.122. The number of hydrogen-bond acceptors (Lipinski definition) is 3. The molecular formula is C21H21N5O. The number of imidazole rings is 1. The van der Waals surface area contributed by atoms with Gasteiger partial charge in [-0.25, -0.2) is 4.98 Å². The molecule has 0 spiro atoms. The van der Waals surface area contributed by atoms with Crippen LogP contribution >= 0.6 is 0 Å². The summed E-state index contributed by atoms with van der Waals surface area (Å²) in [5.74, 6) is 0.866. The van der Waals surface area contributed by atoms with Crippen LogP contribution in [0.3, 0.4) is 0 Å². The van der Waals surface area contributed by atoms with Gasteiger partial charge in [-0.15, -0.1) is 0 Å². The molecule has 1 aliphatic heterocycles. The van der Waals surface area contributed by atoms with E-state index in [4.69, 9.17) is 4.98 Å². The Balaban J connectivity index is 1.72. The van der Waals surface area contributed by atoms with Gasteiger partial charge in [-0.05, 0) is 51.5 Å². The van der Waals surface area contributed by atoms with E-state index in [-0.39, 0.29) is 11.9 Å². The number of rotatable bonds is 2. The first kappa shape index (κ1) is 16.1. The maximum Gasteiger partial charge on any atom is 0.237 e. The molecule has 0 radical (unpaired) electrons. The first-order valence-electron chi connectivity index (χ1n) is 9.19. The van der Waals surface area contributed by atoms with Crippen LogP contribution in [0.4, 0.5) is 5.69 Å². The van der Waals surface area contributed by atoms with Gasteiger partial charge in [0.15, 0.2) is 5.82 Å². The molecule has 2 aromatic carbocycles. The lowest BCUT2D eigenvalue weighted by Gasteiger charge is -2.24. The van der Waals surface area contributed by atoms with Crippen molar-refractivity contribution in [1.82, 2.24) is 20.2 Å². The highest BCUT2D eigenvalue weighted by Gasteiger charge is 2.45. The molecule has 6 heteroatoms. The van der Waals surface area contributed by atoms with Gasteiger partial charge in [0.1, 0.15) is 5.69 Å². The average molecular weight is 359 g/mol. The summed E-state index contributed by atoms with van der Waals surface area (Å²) in [6.45, 7) is 8.05. The molecule has 1 amide bonds. The maximum atomic E-state index is 12.9. The van der Waals surface area contributed by atoms with Gasteiger partial charge in [-0.1, -0.05) is 18.2 Å². The molecule has 0 saturated heterocycles. The monoisotopic (exact) mass is 359 g/mol. The van der Waals surface area contributed by atoms with Gasteiger partial charge in [0, 0.05) is 11.4 Å². The van der Waals surface area contributed by atoms with Crippen molar-refractivity contribution in [2.75, 3.05) is 4.90 Å². The van der Waals surface area contributed by atoms with Crippen LogP contribution in [0, 0.1) is 0 Å². The van der Waals surface area contributed by atoms with Gasteiger partial charge in [-0.3, -0.25) is 9.89 Å². The minimum Gasteiger partial charge on any atom is -0.337 e. The number of aromatic amines is 2. The van der Waals surface area contributed by atoms with E-state index >= 15 is 0 Å². The number of para-hydroxylation sites is 1. The van der Waals surface area contributed by atoms with Crippen LogP contribution in [0.1, 0.15) is 33.3 Å². The van der Waals surface area contributed by atoms with Crippen molar-refractivity contribution in [2.45, 2.75) is 39.2 Å². The van der Waals surface area contributed by atoms with Crippen molar-refractivity contribution in [3.8, 4) is 11.5 Å². The summed E-state index contributed by atoms with van der Waals surface area (Å²) in [6, 6.07) is 12.2. The lowest BCUT2D eigenvalue weighted by atomic mass is 9.86. The second-order valence-electron chi connectivity index (χ2n) is 7.98. The van der Waals surface area contributed by atoms with E-state index in [0.29, 0.717) is 0 Å². The summed E-state index contributed by atoms with van der Waals surface area (Å²) < 4.78 is 0. The zero-order valence-electron chi connectivity index (χ0n) is 15.8. The Bertz CT molecular complexity index is 1210. The topological polar surface area (TPSA) is 77.7 Å². The van der Waals surface area contributed by atoms with Crippen LogP contribution in [0.5, 0.6) is 0 Å². The second-order valence-corrected chi connectivity index (χ2v) is 7.98. The fourth-order valence-corrected chi connectivity index (χ4v) is 4.04. The van der Waals surface area contributed by atoms with Gasteiger partial charge < -0.3 is 9.88 Å². The van der Waals surface area contributed by atoms with E-state index in [2.05, 4.69) is 15.2 Å². The Kier molecular flexibility index (Phi) is 3.09. The molecule has 0 unspecified atom stereocenters. The summed E-state index contributed by atoms with van der Waals surface area (Å²) in [5.41, 5.74) is 4.99. The van der Waals surface area contributed by atoms with Crippen LogP contribution in [0.25, 0.3) is 33.5 Å². The predicted molar refractivity (Wildman–Crippen MR) is 107 cm³/mol. The van der Waals surface area contributed by atoms with Crippen molar-refractivity contribution >= 4 is 33.5 Å². The smallest absolute Gasteiger partial charge is 0.237 e. The number of carbonyl (C=O) groups excluding carboxylic acids is 1. The fraction of sp³-hybridized carbons (Fsp3) is 0.286. The number of carbonyl (C=O) groups is 1. The maximum absolute atomic E-state index is 12.9. The Morgan fingerprint density at radius 1 is 1.11 bits per heavy atom. The molecule has 3 heterocycles. The first-order chi connectivity index (χ1) is 12.9. The summed E-state index contributed by atoms with van der Waals surface area (Å²) in [7, 11) is 0. The van der Waals surface area contributed by atoms with Crippen molar-refractivity contribution in [3.63, 3.8) is 0 Å². The Labute approximate surface area is 156 Å². The minimum atomic E-state index is -0.550. The van der Waals surface area contributed by atoms with E-state index < -0.39 is 5.41 Å². The van der Waals surface area contributed by atoms with Crippen molar-refractivity contribution in [2.24, 2.45) is 0 Å². The van der Waals surface area contributed by atoms with Crippen LogP contribution in [-0.2, 0) is 10.2 Å². The number of hydrogen-bond donors (Lipinski definition) is 2. The largest absolute Gasteiger partial charge is 0.337 e. The molecule has 0 atom stereocenters. The van der Waals surface area contributed by atoms with Gasteiger partial charge in [0.05, 0.1) is 27.7 Å². The Hall–Kier alpha value is -3.15. The van der Waals surface area contributed by atoms with Crippen molar-refractivity contribution in [3.05, 3.63) is 42.0 Å². The number of aromatic nitrogens is 4. The van der Waals surface area contributed by atoms with E-state index in [0.717, 1.165) is 44.7 Å². The number of nitrogens with zero attached hydrogens (tertiary/aromatic N) is 3.